The fraction of sp³-hybridized carbons (Fsp3) is 0.667. The van der Waals surface area contributed by atoms with Gasteiger partial charge in [-0.25, -0.2) is 4.98 Å². The first-order valence-corrected chi connectivity index (χ1v) is 12.5. The first-order chi connectivity index (χ1) is 15.7. The molecule has 1 unspecified atom stereocenters. The van der Waals surface area contributed by atoms with Crippen LogP contribution < -0.4 is 10.2 Å². The molecule has 32 heavy (non-hydrogen) atoms. The van der Waals surface area contributed by atoms with Gasteiger partial charge in [0.1, 0.15) is 11.9 Å². The van der Waals surface area contributed by atoms with Crippen molar-refractivity contribution in [2.75, 3.05) is 29.9 Å². The van der Waals surface area contributed by atoms with Crippen LogP contribution in [0.4, 0.5) is 17.6 Å². The lowest BCUT2D eigenvalue weighted by atomic mass is 10.0. The summed E-state index contributed by atoms with van der Waals surface area (Å²) in [4.78, 5) is 27.0. The van der Waals surface area contributed by atoms with Gasteiger partial charge < -0.3 is 15.1 Å². The molecule has 2 fully saturated rings. The van der Waals surface area contributed by atoms with Crippen LogP contribution in [0.25, 0.3) is 0 Å². The van der Waals surface area contributed by atoms with E-state index in [1.165, 1.54) is 36.9 Å². The van der Waals surface area contributed by atoms with E-state index in [1.54, 1.807) is 0 Å². The van der Waals surface area contributed by atoms with E-state index >= 15 is 0 Å². The second kappa shape index (κ2) is 9.08. The number of carbonyl (C=O) groups is 1. The highest BCUT2D eigenvalue weighted by Gasteiger charge is 2.35. The molecule has 2 aromatic rings. The molecular weight excluding hydrogens is 402 g/mol. The molecule has 172 valence electrons. The number of nitrogens with one attached hydrogen (secondary N) is 2. The maximum absolute atomic E-state index is 13.1. The summed E-state index contributed by atoms with van der Waals surface area (Å²) in [7, 11) is 0. The molecule has 2 aromatic heterocycles. The van der Waals surface area contributed by atoms with E-state index in [0.717, 1.165) is 69.1 Å². The van der Waals surface area contributed by atoms with Crippen LogP contribution in [-0.2, 0) is 17.6 Å². The van der Waals surface area contributed by atoms with Crippen molar-refractivity contribution in [3.63, 3.8) is 0 Å². The molecule has 8 heteroatoms. The van der Waals surface area contributed by atoms with Crippen LogP contribution in [0, 0.1) is 0 Å². The Morgan fingerprint density at radius 2 is 1.94 bits per heavy atom. The number of aromatic nitrogens is 4. The average Bonchev–Trinajstić information content (AvgIpc) is 3.61. The number of hydrogen-bond acceptors (Lipinski definition) is 6. The fourth-order valence-electron chi connectivity index (χ4n) is 5.63. The minimum atomic E-state index is -0.165. The molecule has 1 amide bonds. The molecule has 3 heterocycles. The Morgan fingerprint density at radius 3 is 2.72 bits per heavy atom. The van der Waals surface area contributed by atoms with Gasteiger partial charge >= 0.3 is 0 Å². The molecule has 0 bridgehead atoms. The number of aryl methyl sites for hydroxylation is 1. The van der Waals surface area contributed by atoms with Crippen LogP contribution in [0.15, 0.2) is 6.07 Å². The quantitative estimate of drug-likeness (QED) is 0.682. The number of likely N-dealkylation sites (N-methyl/N-ethyl adjacent to an activating group) is 1. The number of carbonyl (C=O) groups excluding carboxylic acids is 1. The van der Waals surface area contributed by atoms with Gasteiger partial charge in [0.25, 0.3) is 0 Å². The number of H-pyrrole nitrogens is 1. The molecule has 1 atom stereocenters. The Kier molecular flexibility index (Phi) is 6.02. The average molecular weight is 438 g/mol. The summed E-state index contributed by atoms with van der Waals surface area (Å²) in [5, 5.41) is 11.2. The summed E-state index contributed by atoms with van der Waals surface area (Å²) < 4.78 is 0. The molecule has 1 saturated heterocycles. The highest BCUT2D eigenvalue weighted by Crippen LogP contribution is 2.35. The van der Waals surface area contributed by atoms with Crippen molar-refractivity contribution in [3.8, 4) is 0 Å². The molecule has 1 saturated carbocycles. The van der Waals surface area contributed by atoms with Crippen molar-refractivity contribution in [1.82, 2.24) is 25.1 Å². The first-order valence-electron chi connectivity index (χ1n) is 12.5. The predicted molar refractivity (Wildman–Crippen MR) is 125 cm³/mol. The molecule has 1 aliphatic heterocycles. The Balaban J connectivity index is 1.41. The molecule has 2 N–H and O–H groups in total. The van der Waals surface area contributed by atoms with Gasteiger partial charge in [-0.2, -0.15) is 10.1 Å². The van der Waals surface area contributed by atoms with Gasteiger partial charge in [0.2, 0.25) is 11.9 Å². The zero-order valence-electron chi connectivity index (χ0n) is 19.4. The summed E-state index contributed by atoms with van der Waals surface area (Å²) >= 11 is 0. The van der Waals surface area contributed by atoms with E-state index in [4.69, 9.17) is 9.97 Å². The van der Waals surface area contributed by atoms with Crippen LogP contribution in [0.5, 0.6) is 0 Å². The number of amides is 1. The predicted octanol–water partition coefficient (Wildman–Crippen LogP) is 3.93. The van der Waals surface area contributed by atoms with Crippen molar-refractivity contribution in [2.45, 2.75) is 83.6 Å². The lowest BCUT2D eigenvalue weighted by Gasteiger charge is -2.29. The molecule has 3 aliphatic rings. The van der Waals surface area contributed by atoms with Gasteiger partial charge in [0.15, 0.2) is 5.82 Å². The molecule has 5 rings (SSSR count). The second-order valence-corrected chi connectivity index (χ2v) is 9.33. The van der Waals surface area contributed by atoms with Gasteiger partial charge in [-0.3, -0.25) is 9.89 Å². The van der Waals surface area contributed by atoms with Gasteiger partial charge in [-0.15, -0.1) is 0 Å². The third-order valence-electron chi connectivity index (χ3n) is 7.43. The lowest BCUT2D eigenvalue weighted by Crippen LogP contribution is -2.46. The van der Waals surface area contributed by atoms with Gasteiger partial charge in [0.05, 0.1) is 5.69 Å². The molecule has 0 radical (unpaired) electrons. The molecule has 8 nitrogen and oxygen atoms in total. The van der Waals surface area contributed by atoms with Crippen LogP contribution in [-0.4, -0.2) is 56.6 Å². The molecule has 2 aliphatic carbocycles. The first kappa shape index (κ1) is 21.2. The van der Waals surface area contributed by atoms with Gasteiger partial charge in [0, 0.05) is 42.9 Å². The van der Waals surface area contributed by atoms with E-state index in [0.29, 0.717) is 11.9 Å². The standard InChI is InChI=1S/C24H35N7O/c1-3-30(4-2)23(32)20-13-8-14-31(20)24-25-18-12-7-11-17(18)22(27-24)26-21-15-19(28-29-21)16-9-5-6-10-16/h15-16,20H,3-14H2,1-2H3,(H2,25,26,27,28,29). The van der Waals surface area contributed by atoms with E-state index < -0.39 is 0 Å². The van der Waals surface area contributed by atoms with Crippen molar-refractivity contribution in [3.05, 3.63) is 23.0 Å². The van der Waals surface area contributed by atoms with Crippen LogP contribution in [0.3, 0.4) is 0 Å². The number of nitrogens with zero attached hydrogens (tertiary/aromatic N) is 5. The third kappa shape index (κ3) is 3.95. The van der Waals surface area contributed by atoms with Crippen molar-refractivity contribution >= 4 is 23.5 Å². The van der Waals surface area contributed by atoms with Crippen LogP contribution in [0.1, 0.15) is 81.7 Å². The Bertz CT molecular complexity index is 961. The van der Waals surface area contributed by atoms with Crippen molar-refractivity contribution in [1.29, 1.82) is 0 Å². The number of fused-ring (bicyclic) bond motifs is 1. The Morgan fingerprint density at radius 1 is 1.12 bits per heavy atom. The summed E-state index contributed by atoms with van der Waals surface area (Å²) in [5.74, 6) is 3.15. The normalized spacial score (nSPS) is 20.7. The van der Waals surface area contributed by atoms with Crippen molar-refractivity contribution < 1.29 is 4.79 Å². The number of anilines is 3. The van der Waals surface area contributed by atoms with Crippen LogP contribution >= 0.6 is 0 Å². The SMILES string of the molecule is CCN(CC)C(=O)C1CCCN1c1nc2c(c(Nc3cc(C4CCCC4)[nH]n3)n1)CCC2. The van der Waals surface area contributed by atoms with E-state index in [2.05, 4.69) is 26.5 Å². The highest BCUT2D eigenvalue weighted by molar-refractivity contribution is 5.85. The largest absolute Gasteiger partial charge is 0.341 e. The smallest absolute Gasteiger partial charge is 0.245 e. The zero-order valence-corrected chi connectivity index (χ0v) is 19.4. The molecule has 0 aromatic carbocycles. The van der Waals surface area contributed by atoms with Crippen molar-refractivity contribution in [2.24, 2.45) is 0 Å². The molecular formula is C24H35N7O. The second-order valence-electron chi connectivity index (χ2n) is 9.33. The Hall–Kier alpha value is -2.64. The highest BCUT2D eigenvalue weighted by atomic mass is 16.2. The zero-order chi connectivity index (χ0) is 22.1. The maximum atomic E-state index is 13.1. The van der Waals surface area contributed by atoms with E-state index in [9.17, 15) is 4.79 Å². The summed E-state index contributed by atoms with van der Waals surface area (Å²) in [6.45, 7) is 6.38. The third-order valence-corrected chi connectivity index (χ3v) is 7.43. The number of rotatable bonds is 7. The number of hydrogen-bond donors (Lipinski definition) is 2. The fourth-order valence-corrected chi connectivity index (χ4v) is 5.63. The molecule has 0 spiro atoms. The minimum Gasteiger partial charge on any atom is -0.341 e. The van der Waals surface area contributed by atoms with Gasteiger partial charge in [-0.05, 0) is 58.8 Å². The summed E-state index contributed by atoms with van der Waals surface area (Å²) in [5.41, 5.74) is 3.54. The Labute approximate surface area is 190 Å². The maximum Gasteiger partial charge on any atom is 0.245 e. The lowest BCUT2D eigenvalue weighted by molar-refractivity contribution is -0.132. The van der Waals surface area contributed by atoms with E-state index in [-0.39, 0.29) is 11.9 Å². The van der Waals surface area contributed by atoms with Gasteiger partial charge in [-0.1, -0.05) is 12.8 Å². The minimum absolute atomic E-state index is 0.165. The number of aromatic amines is 1. The monoisotopic (exact) mass is 437 g/mol. The van der Waals surface area contributed by atoms with Crippen LogP contribution in [0.2, 0.25) is 0 Å². The topological polar surface area (TPSA) is 90.0 Å². The summed E-state index contributed by atoms with van der Waals surface area (Å²) in [6.07, 6.45) is 10.00. The van der Waals surface area contributed by atoms with E-state index in [1.807, 2.05) is 18.7 Å². The summed E-state index contributed by atoms with van der Waals surface area (Å²) in [6, 6.07) is 1.98.